The number of aliphatic carboxylic acids is 1. The van der Waals surface area contributed by atoms with Gasteiger partial charge in [0.05, 0.1) is 0 Å². The van der Waals surface area contributed by atoms with Gasteiger partial charge in [-0.2, -0.15) is 0 Å². The van der Waals surface area contributed by atoms with Crippen LogP contribution < -0.4 is 5.32 Å². The SMILES string of the molecule is CC(C)CN(CC(=O)O)C(=O)NCCC(=O)N(C)C. The molecule has 0 aliphatic carbocycles. The summed E-state index contributed by atoms with van der Waals surface area (Å²) >= 11 is 0. The summed E-state index contributed by atoms with van der Waals surface area (Å²) in [5.41, 5.74) is 0. The van der Waals surface area contributed by atoms with Crippen LogP contribution in [0.3, 0.4) is 0 Å². The third kappa shape index (κ3) is 8.01. The Bertz CT molecular complexity index is 329. The van der Waals surface area contributed by atoms with E-state index < -0.39 is 12.0 Å². The Hall–Kier alpha value is -1.79. The van der Waals surface area contributed by atoms with Crippen LogP contribution in [0.4, 0.5) is 4.79 Å². The van der Waals surface area contributed by atoms with E-state index in [0.717, 1.165) is 0 Å². The second-order valence-electron chi connectivity index (χ2n) is 4.94. The van der Waals surface area contributed by atoms with Crippen molar-refractivity contribution in [2.45, 2.75) is 20.3 Å². The molecule has 0 spiro atoms. The summed E-state index contributed by atoms with van der Waals surface area (Å²) in [7, 11) is 3.28. The maximum atomic E-state index is 11.8. The van der Waals surface area contributed by atoms with E-state index in [0.29, 0.717) is 6.54 Å². The summed E-state index contributed by atoms with van der Waals surface area (Å²) in [5.74, 6) is -0.970. The van der Waals surface area contributed by atoms with E-state index in [1.807, 2.05) is 13.8 Å². The van der Waals surface area contributed by atoms with E-state index >= 15 is 0 Å². The minimum Gasteiger partial charge on any atom is -0.480 e. The average Bonchev–Trinajstić information content (AvgIpc) is 2.26. The van der Waals surface area contributed by atoms with Crippen molar-refractivity contribution in [1.82, 2.24) is 15.1 Å². The van der Waals surface area contributed by atoms with Crippen molar-refractivity contribution in [3.63, 3.8) is 0 Å². The first-order chi connectivity index (χ1) is 8.73. The number of carbonyl (C=O) groups excluding carboxylic acids is 2. The van der Waals surface area contributed by atoms with Gasteiger partial charge < -0.3 is 20.2 Å². The van der Waals surface area contributed by atoms with Crippen LogP contribution in [0.25, 0.3) is 0 Å². The predicted molar refractivity (Wildman–Crippen MR) is 70.8 cm³/mol. The molecular formula is C12H23N3O4. The smallest absolute Gasteiger partial charge is 0.323 e. The molecule has 2 N–H and O–H groups in total. The number of hydrogen-bond acceptors (Lipinski definition) is 3. The fraction of sp³-hybridized carbons (Fsp3) is 0.750. The monoisotopic (exact) mass is 273 g/mol. The summed E-state index contributed by atoms with van der Waals surface area (Å²) in [6.45, 7) is 4.02. The van der Waals surface area contributed by atoms with Crippen LogP contribution in [-0.4, -0.2) is 66.5 Å². The fourth-order valence-corrected chi connectivity index (χ4v) is 1.44. The Labute approximate surface area is 113 Å². The van der Waals surface area contributed by atoms with Crippen molar-refractivity contribution in [3.8, 4) is 0 Å². The number of nitrogens with zero attached hydrogens (tertiary/aromatic N) is 2. The molecule has 0 aromatic carbocycles. The van der Waals surface area contributed by atoms with Crippen LogP contribution in [0.5, 0.6) is 0 Å². The molecule has 0 aromatic heterocycles. The molecule has 0 fully saturated rings. The molecule has 0 aromatic rings. The minimum atomic E-state index is -1.06. The highest BCUT2D eigenvalue weighted by Crippen LogP contribution is 1.99. The second-order valence-corrected chi connectivity index (χ2v) is 4.94. The molecule has 19 heavy (non-hydrogen) atoms. The van der Waals surface area contributed by atoms with Crippen LogP contribution in [0.15, 0.2) is 0 Å². The van der Waals surface area contributed by atoms with Gasteiger partial charge in [0.2, 0.25) is 5.91 Å². The second kappa shape index (κ2) is 8.34. The van der Waals surface area contributed by atoms with Crippen LogP contribution in [0.1, 0.15) is 20.3 Å². The first-order valence-electron chi connectivity index (χ1n) is 6.18. The molecule has 0 aliphatic rings. The molecule has 0 saturated carbocycles. The maximum Gasteiger partial charge on any atom is 0.323 e. The topological polar surface area (TPSA) is 90.0 Å². The Morgan fingerprint density at radius 2 is 1.79 bits per heavy atom. The van der Waals surface area contributed by atoms with Crippen molar-refractivity contribution >= 4 is 17.9 Å². The molecule has 0 saturated heterocycles. The van der Waals surface area contributed by atoms with Crippen molar-refractivity contribution in [2.75, 3.05) is 33.7 Å². The summed E-state index contributed by atoms with van der Waals surface area (Å²) < 4.78 is 0. The summed E-state index contributed by atoms with van der Waals surface area (Å²) in [6.07, 6.45) is 0.196. The van der Waals surface area contributed by atoms with Gasteiger partial charge in [0.15, 0.2) is 0 Å². The highest BCUT2D eigenvalue weighted by molar-refractivity contribution is 5.81. The Kier molecular flexibility index (Phi) is 7.55. The number of rotatable bonds is 7. The third-order valence-electron chi connectivity index (χ3n) is 2.31. The van der Waals surface area contributed by atoms with Gasteiger partial charge in [-0.25, -0.2) is 4.79 Å². The lowest BCUT2D eigenvalue weighted by atomic mass is 10.2. The maximum absolute atomic E-state index is 11.8. The van der Waals surface area contributed by atoms with Gasteiger partial charge in [0, 0.05) is 33.6 Å². The van der Waals surface area contributed by atoms with Gasteiger partial charge in [-0.15, -0.1) is 0 Å². The molecular weight excluding hydrogens is 250 g/mol. The molecule has 7 heteroatoms. The van der Waals surface area contributed by atoms with Gasteiger partial charge in [0.25, 0.3) is 0 Å². The number of urea groups is 1. The zero-order valence-electron chi connectivity index (χ0n) is 12.0. The minimum absolute atomic E-state index is 0.0889. The normalized spacial score (nSPS) is 10.2. The van der Waals surface area contributed by atoms with E-state index in [9.17, 15) is 14.4 Å². The molecule has 0 atom stereocenters. The zero-order valence-corrected chi connectivity index (χ0v) is 12.0. The first kappa shape index (κ1) is 17.2. The largest absolute Gasteiger partial charge is 0.480 e. The summed E-state index contributed by atoms with van der Waals surface area (Å²) in [6, 6.07) is -0.456. The first-order valence-corrected chi connectivity index (χ1v) is 6.18. The molecule has 0 bridgehead atoms. The number of hydrogen-bond donors (Lipinski definition) is 2. The van der Waals surface area contributed by atoms with Crippen molar-refractivity contribution in [2.24, 2.45) is 5.92 Å². The van der Waals surface area contributed by atoms with Gasteiger partial charge in [-0.1, -0.05) is 13.8 Å². The molecule has 0 heterocycles. The third-order valence-corrected chi connectivity index (χ3v) is 2.31. The van der Waals surface area contributed by atoms with Gasteiger partial charge in [-0.3, -0.25) is 9.59 Å². The Morgan fingerprint density at radius 3 is 2.21 bits per heavy atom. The van der Waals surface area contributed by atoms with Crippen LogP contribution >= 0.6 is 0 Å². The number of carboxylic acid groups (broad SMARTS) is 1. The number of carboxylic acids is 1. The van der Waals surface area contributed by atoms with Crippen molar-refractivity contribution in [3.05, 3.63) is 0 Å². The summed E-state index contributed by atoms with van der Waals surface area (Å²) in [5, 5.41) is 11.3. The van der Waals surface area contributed by atoms with Gasteiger partial charge in [0.1, 0.15) is 6.54 Å². The highest BCUT2D eigenvalue weighted by Gasteiger charge is 2.17. The van der Waals surface area contributed by atoms with E-state index in [1.165, 1.54) is 9.80 Å². The number of amides is 3. The van der Waals surface area contributed by atoms with Crippen molar-refractivity contribution in [1.29, 1.82) is 0 Å². The molecule has 0 radical (unpaired) electrons. The van der Waals surface area contributed by atoms with Crippen LogP contribution in [-0.2, 0) is 9.59 Å². The number of carbonyl (C=O) groups is 3. The molecule has 0 aliphatic heterocycles. The zero-order chi connectivity index (χ0) is 15.0. The quantitative estimate of drug-likeness (QED) is 0.694. The van der Waals surface area contributed by atoms with Crippen molar-refractivity contribution < 1.29 is 19.5 Å². The average molecular weight is 273 g/mol. The molecule has 7 nitrogen and oxygen atoms in total. The van der Waals surface area contributed by atoms with Gasteiger partial charge in [-0.05, 0) is 5.92 Å². The molecule has 0 rings (SSSR count). The molecule has 3 amide bonds. The molecule has 0 unspecified atom stereocenters. The summed E-state index contributed by atoms with van der Waals surface area (Å²) in [4.78, 5) is 36.5. The highest BCUT2D eigenvalue weighted by atomic mass is 16.4. The van der Waals surface area contributed by atoms with E-state index in [4.69, 9.17) is 5.11 Å². The van der Waals surface area contributed by atoms with Crippen LogP contribution in [0.2, 0.25) is 0 Å². The lowest BCUT2D eigenvalue weighted by molar-refractivity contribution is -0.137. The van der Waals surface area contributed by atoms with E-state index in [-0.39, 0.29) is 31.3 Å². The lowest BCUT2D eigenvalue weighted by Gasteiger charge is -2.23. The van der Waals surface area contributed by atoms with Gasteiger partial charge >= 0.3 is 12.0 Å². The fourth-order valence-electron chi connectivity index (χ4n) is 1.44. The Morgan fingerprint density at radius 1 is 1.21 bits per heavy atom. The predicted octanol–water partition coefficient (Wildman–Crippen LogP) is 0.217. The Balaban J connectivity index is 4.24. The number of nitrogens with one attached hydrogen (secondary N) is 1. The van der Waals surface area contributed by atoms with Crippen LogP contribution in [0, 0.1) is 5.92 Å². The molecule has 110 valence electrons. The lowest BCUT2D eigenvalue weighted by Crippen LogP contribution is -2.45. The standard InChI is InChI=1S/C12H23N3O4/c1-9(2)7-15(8-11(17)18)12(19)13-6-5-10(16)14(3)4/h9H,5-8H2,1-4H3,(H,13,19)(H,17,18). The van der Waals surface area contributed by atoms with E-state index in [1.54, 1.807) is 14.1 Å². The van der Waals surface area contributed by atoms with E-state index in [2.05, 4.69) is 5.32 Å².